The fourth-order valence-corrected chi connectivity index (χ4v) is 3.68. The first-order valence-electron chi connectivity index (χ1n) is 10.1. The smallest absolute Gasteiger partial charge is 0.195 e. The van der Waals surface area contributed by atoms with Gasteiger partial charge in [-0.1, -0.05) is 42.5 Å². The summed E-state index contributed by atoms with van der Waals surface area (Å²) < 4.78 is 2.16. The maximum Gasteiger partial charge on any atom is 0.195 e. The number of fused-ring (bicyclic) bond motifs is 1. The van der Waals surface area contributed by atoms with Gasteiger partial charge in [0.2, 0.25) is 0 Å². The van der Waals surface area contributed by atoms with Crippen LogP contribution in [0.2, 0.25) is 0 Å². The van der Waals surface area contributed by atoms with Gasteiger partial charge in [0.15, 0.2) is 18.9 Å². The molecule has 30 heavy (non-hydrogen) atoms. The van der Waals surface area contributed by atoms with E-state index in [0.717, 1.165) is 29.0 Å². The summed E-state index contributed by atoms with van der Waals surface area (Å²) >= 11 is 0. The Morgan fingerprint density at radius 1 is 0.800 bits per heavy atom. The van der Waals surface area contributed by atoms with Crippen LogP contribution in [0.4, 0.5) is 0 Å². The van der Waals surface area contributed by atoms with Crippen LogP contribution in [0.3, 0.4) is 0 Å². The highest BCUT2D eigenvalue weighted by Crippen LogP contribution is 2.26. The maximum absolute atomic E-state index is 4.78. The zero-order valence-electron chi connectivity index (χ0n) is 17.1. The van der Waals surface area contributed by atoms with E-state index in [1.165, 1.54) is 27.8 Å². The van der Waals surface area contributed by atoms with E-state index in [4.69, 9.17) is 4.98 Å². The molecule has 0 saturated heterocycles. The third kappa shape index (κ3) is 3.60. The van der Waals surface area contributed by atoms with Crippen molar-refractivity contribution in [2.45, 2.75) is 20.4 Å². The molecular weight excluding hydrogens is 368 g/mol. The molecule has 1 N–H and O–H groups in total. The second kappa shape index (κ2) is 7.56. The van der Waals surface area contributed by atoms with Gasteiger partial charge >= 0.3 is 0 Å². The summed E-state index contributed by atoms with van der Waals surface area (Å²) in [6, 6.07) is 21.3. The van der Waals surface area contributed by atoms with E-state index in [-0.39, 0.29) is 0 Å². The fraction of sp³-hybridized carbons (Fsp3) is 0.115. The molecule has 0 spiro atoms. The van der Waals surface area contributed by atoms with Gasteiger partial charge in [0.25, 0.3) is 0 Å². The van der Waals surface area contributed by atoms with Crippen LogP contribution in [0.25, 0.3) is 33.5 Å². The zero-order valence-corrected chi connectivity index (χ0v) is 17.1. The van der Waals surface area contributed by atoms with E-state index < -0.39 is 0 Å². The normalized spacial score (nSPS) is 11.1. The second-order valence-electron chi connectivity index (χ2n) is 7.73. The number of aromatic nitrogens is 4. The number of nitrogens with one attached hydrogen (secondary N) is 1. The van der Waals surface area contributed by atoms with Crippen LogP contribution in [0.1, 0.15) is 16.7 Å². The average molecular weight is 391 g/mol. The number of hydrogen-bond acceptors (Lipinski definition) is 2. The van der Waals surface area contributed by atoms with Gasteiger partial charge in [0, 0.05) is 29.6 Å². The number of benzene rings is 2. The van der Waals surface area contributed by atoms with E-state index in [9.17, 15) is 0 Å². The fourth-order valence-electron chi connectivity index (χ4n) is 3.68. The van der Waals surface area contributed by atoms with Crippen molar-refractivity contribution in [1.82, 2.24) is 15.0 Å². The molecule has 146 valence electrons. The highest BCUT2D eigenvalue weighted by Gasteiger charge is 2.11. The molecule has 5 aromatic rings. The SMILES string of the molecule is Cc1ccc(-c2ccc(-c3nc4cc[n+](Cc5ccncc5)cc4[nH]3)cc2)cc1C. The third-order valence-corrected chi connectivity index (χ3v) is 5.59. The van der Waals surface area contributed by atoms with Crippen LogP contribution in [-0.4, -0.2) is 15.0 Å². The Balaban J connectivity index is 1.42. The van der Waals surface area contributed by atoms with Gasteiger partial charge in [-0.05, 0) is 48.2 Å². The van der Waals surface area contributed by atoms with Gasteiger partial charge in [-0.3, -0.25) is 4.98 Å². The van der Waals surface area contributed by atoms with Gasteiger partial charge in [-0.25, -0.2) is 4.98 Å². The minimum absolute atomic E-state index is 0.803. The first-order valence-corrected chi connectivity index (χ1v) is 10.1. The molecule has 0 unspecified atom stereocenters. The van der Waals surface area contributed by atoms with Crippen molar-refractivity contribution in [2.75, 3.05) is 0 Å². The lowest BCUT2D eigenvalue weighted by molar-refractivity contribution is -0.687. The van der Waals surface area contributed by atoms with E-state index in [2.05, 4.69) is 89.3 Å². The molecule has 0 amide bonds. The summed E-state index contributed by atoms with van der Waals surface area (Å²) in [7, 11) is 0. The molecule has 0 aliphatic carbocycles. The zero-order chi connectivity index (χ0) is 20.5. The van der Waals surface area contributed by atoms with E-state index in [1.54, 1.807) is 0 Å². The number of pyridine rings is 2. The highest BCUT2D eigenvalue weighted by molar-refractivity contribution is 5.78. The Hall–Kier alpha value is -3.79. The number of aromatic amines is 1. The van der Waals surface area contributed by atoms with Crippen LogP contribution in [0.5, 0.6) is 0 Å². The number of nitrogens with zero attached hydrogens (tertiary/aromatic N) is 3. The highest BCUT2D eigenvalue weighted by atomic mass is 15.0. The summed E-state index contributed by atoms with van der Waals surface area (Å²) in [4.78, 5) is 12.3. The molecule has 0 saturated carbocycles. The van der Waals surface area contributed by atoms with Gasteiger partial charge in [-0.15, -0.1) is 0 Å². The molecule has 4 nitrogen and oxygen atoms in total. The number of rotatable bonds is 4. The molecule has 3 heterocycles. The topological polar surface area (TPSA) is 45.5 Å². The summed E-state index contributed by atoms with van der Waals surface area (Å²) in [5, 5.41) is 0. The van der Waals surface area contributed by atoms with Crippen LogP contribution in [0, 0.1) is 13.8 Å². The molecule has 2 aromatic carbocycles. The first-order chi connectivity index (χ1) is 14.7. The molecule has 0 radical (unpaired) electrons. The van der Waals surface area contributed by atoms with Crippen molar-refractivity contribution in [3.8, 4) is 22.5 Å². The van der Waals surface area contributed by atoms with Crippen molar-refractivity contribution < 1.29 is 4.57 Å². The summed E-state index contributed by atoms with van der Waals surface area (Å²) in [5.74, 6) is 0.887. The Morgan fingerprint density at radius 3 is 2.30 bits per heavy atom. The standard InChI is InChI=1S/C26H22N4/c1-18-3-4-23(15-19(18)2)21-5-7-22(8-6-21)26-28-24-11-14-30(17-25(24)29-26)16-20-9-12-27-13-10-20/h3-15,17H,16H2,1-2H3/p+1. The number of hydrogen-bond donors (Lipinski definition) is 1. The molecule has 0 aliphatic heterocycles. The van der Waals surface area contributed by atoms with Crippen molar-refractivity contribution in [2.24, 2.45) is 0 Å². The molecule has 3 aromatic heterocycles. The summed E-state index contributed by atoms with van der Waals surface area (Å²) in [5.41, 5.74) is 9.39. The van der Waals surface area contributed by atoms with Crippen molar-refractivity contribution >= 4 is 11.0 Å². The Morgan fingerprint density at radius 2 is 1.53 bits per heavy atom. The maximum atomic E-state index is 4.78. The van der Waals surface area contributed by atoms with Gasteiger partial charge < -0.3 is 4.98 Å². The minimum Gasteiger partial charge on any atom is -0.333 e. The molecule has 5 rings (SSSR count). The lowest BCUT2D eigenvalue weighted by Crippen LogP contribution is -2.33. The summed E-state index contributed by atoms with van der Waals surface area (Å²) in [6.07, 6.45) is 7.82. The second-order valence-corrected chi connectivity index (χ2v) is 7.73. The number of aryl methyl sites for hydroxylation is 2. The first kappa shape index (κ1) is 18.3. The molecule has 0 aliphatic rings. The van der Waals surface area contributed by atoms with Crippen LogP contribution in [-0.2, 0) is 6.54 Å². The quantitative estimate of drug-likeness (QED) is 0.426. The largest absolute Gasteiger partial charge is 0.333 e. The third-order valence-electron chi connectivity index (χ3n) is 5.59. The number of H-pyrrole nitrogens is 1. The molecule has 0 atom stereocenters. The van der Waals surface area contributed by atoms with Crippen molar-refractivity contribution in [3.05, 3.63) is 102 Å². The Kier molecular flexibility index (Phi) is 4.60. The van der Waals surface area contributed by atoms with E-state index in [0.29, 0.717) is 0 Å². The molecular formula is C26H23N4+. The lowest BCUT2D eigenvalue weighted by Gasteiger charge is -2.06. The molecule has 4 heteroatoms. The minimum atomic E-state index is 0.803. The number of imidazole rings is 1. The Bertz CT molecular complexity index is 1320. The van der Waals surface area contributed by atoms with Gasteiger partial charge in [0.05, 0.1) is 0 Å². The predicted molar refractivity (Wildman–Crippen MR) is 120 cm³/mol. The van der Waals surface area contributed by atoms with Crippen molar-refractivity contribution in [1.29, 1.82) is 0 Å². The monoisotopic (exact) mass is 391 g/mol. The Labute approximate surface area is 175 Å². The van der Waals surface area contributed by atoms with E-state index >= 15 is 0 Å². The molecule has 0 bridgehead atoms. The summed E-state index contributed by atoms with van der Waals surface area (Å²) in [6.45, 7) is 5.10. The molecule has 0 fully saturated rings. The predicted octanol–water partition coefficient (Wildman–Crippen LogP) is 5.24. The van der Waals surface area contributed by atoms with Crippen LogP contribution < -0.4 is 4.57 Å². The average Bonchev–Trinajstić information content (AvgIpc) is 3.20. The van der Waals surface area contributed by atoms with Crippen LogP contribution >= 0.6 is 0 Å². The van der Waals surface area contributed by atoms with Gasteiger partial charge in [-0.2, -0.15) is 4.57 Å². The van der Waals surface area contributed by atoms with Gasteiger partial charge in [0.1, 0.15) is 16.9 Å². The van der Waals surface area contributed by atoms with Crippen LogP contribution in [0.15, 0.2) is 85.5 Å². The van der Waals surface area contributed by atoms with E-state index in [1.807, 2.05) is 24.5 Å². The van der Waals surface area contributed by atoms with Crippen molar-refractivity contribution in [3.63, 3.8) is 0 Å². The lowest BCUT2D eigenvalue weighted by atomic mass is 9.99.